The molecule has 0 aliphatic rings. The summed E-state index contributed by atoms with van der Waals surface area (Å²) in [5, 5.41) is 10.6. The van der Waals surface area contributed by atoms with Gasteiger partial charge >= 0.3 is 39.5 Å². The van der Waals surface area contributed by atoms with Crippen LogP contribution >= 0.6 is 15.6 Å². The van der Waals surface area contributed by atoms with Crippen LogP contribution in [-0.2, 0) is 65.4 Å². The summed E-state index contributed by atoms with van der Waals surface area (Å²) in [5.74, 6) is 0.135. The Hall–Kier alpha value is -1.94. The van der Waals surface area contributed by atoms with E-state index in [1.54, 1.807) is 0 Å². The quantitative estimate of drug-likeness (QED) is 0.0222. The van der Waals surface area contributed by atoms with E-state index in [1.165, 1.54) is 238 Å². The zero-order chi connectivity index (χ0) is 75.1. The van der Waals surface area contributed by atoms with Crippen molar-refractivity contribution in [2.24, 2.45) is 17.8 Å². The molecule has 0 heterocycles. The second-order valence-electron chi connectivity index (χ2n) is 31.3. The summed E-state index contributed by atoms with van der Waals surface area (Å²) < 4.78 is 68.7. The minimum Gasteiger partial charge on any atom is -0.462 e. The molecular weight excluding hydrogens is 1330 g/mol. The number of aliphatic hydroxyl groups excluding tert-OH is 1. The molecule has 0 aliphatic carbocycles. The molecular formula is C83H162O17P2. The highest BCUT2D eigenvalue weighted by atomic mass is 31.2. The molecule has 0 bridgehead atoms. The molecule has 606 valence electrons. The average molecular weight is 1490 g/mol. The Bertz CT molecular complexity index is 1970. The van der Waals surface area contributed by atoms with Crippen LogP contribution < -0.4 is 0 Å². The molecule has 0 aromatic rings. The Kier molecular flexibility index (Phi) is 71.8. The van der Waals surface area contributed by atoms with E-state index in [1.807, 2.05) is 0 Å². The van der Waals surface area contributed by atoms with Gasteiger partial charge in [-0.25, -0.2) is 9.13 Å². The van der Waals surface area contributed by atoms with Gasteiger partial charge in [0.15, 0.2) is 12.2 Å². The highest BCUT2D eigenvalue weighted by Crippen LogP contribution is 2.45. The minimum atomic E-state index is -4.96. The minimum absolute atomic E-state index is 0.106. The van der Waals surface area contributed by atoms with Gasteiger partial charge in [-0.1, -0.05) is 382 Å². The monoisotopic (exact) mass is 1490 g/mol. The highest BCUT2D eigenvalue weighted by Gasteiger charge is 2.30. The van der Waals surface area contributed by atoms with Crippen molar-refractivity contribution in [2.45, 2.75) is 452 Å². The maximum atomic E-state index is 13.1. The predicted molar refractivity (Wildman–Crippen MR) is 418 cm³/mol. The molecule has 5 atom stereocenters. The molecule has 0 fully saturated rings. The van der Waals surface area contributed by atoms with Crippen LogP contribution in [0.15, 0.2) is 0 Å². The van der Waals surface area contributed by atoms with E-state index in [2.05, 4.69) is 48.5 Å². The number of carbonyl (C=O) groups excluding carboxylic acids is 4. The van der Waals surface area contributed by atoms with Crippen molar-refractivity contribution in [3.05, 3.63) is 0 Å². The van der Waals surface area contributed by atoms with Crippen LogP contribution in [0.4, 0.5) is 0 Å². The summed E-state index contributed by atoms with van der Waals surface area (Å²) in [6, 6.07) is 0. The van der Waals surface area contributed by atoms with E-state index in [0.717, 1.165) is 108 Å². The van der Waals surface area contributed by atoms with Gasteiger partial charge in [0, 0.05) is 25.7 Å². The third-order valence-electron chi connectivity index (χ3n) is 19.4. The number of ether oxygens (including phenoxy) is 4. The first-order valence-electron chi connectivity index (χ1n) is 42.8. The smallest absolute Gasteiger partial charge is 0.462 e. The van der Waals surface area contributed by atoms with Crippen LogP contribution in [0.1, 0.15) is 434 Å². The van der Waals surface area contributed by atoms with Gasteiger partial charge in [-0.05, 0) is 43.4 Å². The number of hydrogen-bond donors (Lipinski definition) is 3. The number of phosphoric ester groups is 2. The lowest BCUT2D eigenvalue weighted by Gasteiger charge is -2.21. The molecule has 0 aromatic carbocycles. The summed E-state index contributed by atoms with van der Waals surface area (Å²) in [4.78, 5) is 73.0. The lowest BCUT2D eigenvalue weighted by Crippen LogP contribution is -2.30. The fourth-order valence-corrected chi connectivity index (χ4v) is 14.4. The fraction of sp³-hybridized carbons (Fsp3) is 0.952. The fourth-order valence-electron chi connectivity index (χ4n) is 12.8. The first-order valence-corrected chi connectivity index (χ1v) is 45.8. The first kappa shape index (κ1) is 100. The maximum Gasteiger partial charge on any atom is 0.472 e. The van der Waals surface area contributed by atoms with Gasteiger partial charge in [0.25, 0.3) is 0 Å². The summed E-state index contributed by atoms with van der Waals surface area (Å²) in [6.45, 7) is 11.9. The van der Waals surface area contributed by atoms with Crippen LogP contribution in [0, 0.1) is 17.8 Å². The Balaban J connectivity index is 5.20. The zero-order valence-electron chi connectivity index (χ0n) is 67.1. The molecule has 3 N–H and O–H groups in total. The molecule has 0 saturated heterocycles. The number of phosphoric acid groups is 2. The normalized spacial score (nSPS) is 13.9. The number of aliphatic hydroxyl groups is 1. The molecule has 0 amide bonds. The Morgan fingerprint density at radius 1 is 0.265 bits per heavy atom. The number of hydrogen-bond acceptors (Lipinski definition) is 15. The maximum absolute atomic E-state index is 13.1. The van der Waals surface area contributed by atoms with E-state index in [0.29, 0.717) is 31.6 Å². The average Bonchev–Trinajstić information content (AvgIpc) is 0.930. The van der Waals surface area contributed by atoms with E-state index in [4.69, 9.17) is 37.0 Å². The van der Waals surface area contributed by atoms with Gasteiger partial charge in [0.1, 0.15) is 19.3 Å². The van der Waals surface area contributed by atoms with E-state index >= 15 is 0 Å². The van der Waals surface area contributed by atoms with Gasteiger partial charge in [-0.3, -0.25) is 37.3 Å². The largest absolute Gasteiger partial charge is 0.472 e. The molecule has 0 radical (unpaired) electrons. The molecule has 17 nitrogen and oxygen atoms in total. The molecule has 0 aromatic heterocycles. The third kappa shape index (κ3) is 76.3. The summed E-state index contributed by atoms with van der Waals surface area (Å²) in [6.07, 6.45) is 62.8. The Labute approximate surface area is 626 Å². The third-order valence-corrected chi connectivity index (χ3v) is 21.3. The highest BCUT2D eigenvalue weighted by molar-refractivity contribution is 7.47. The van der Waals surface area contributed by atoms with Crippen molar-refractivity contribution in [2.75, 3.05) is 39.6 Å². The molecule has 19 heteroatoms. The summed E-state index contributed by atoms with van der Waals surface area (Å²) in [7, 11) is -9.92. The molecule has 0 saturated carbocycles. The first-order chi connectivity index (χ1) is 49.2. The van der Waals surface area contributed by atoms with Crippen molar-refractivity contribution in [3.63, 3.8) is 0 Å². The van der Waals surface area contributed by atoms with Crippen LogP contribution in [-0.4, -0.2) is 96.7 Å². The number of unbranched alkanes of at least 4 members (excludes halogenated alkanes) is 49. The van der Waals surface area contributed by atoms with Gasteiger partial charge in [-0.15, -0.1) is 0 Å². The molecule has 0 rings (SSSR count). The van der Waals surface area contributed by atoms with Crippen molar-refractivity contribution in [3.8, 4) is 0 Å². The second-order valence-corrected chi connectivity index (χ2v) is 34.2. The van der Waals surface area contributed by atoms with Gasteiger partial charge < -0.3 is 33.8 Å². The van der Waals surface area contributed by atoms with Gasteiger partial charge in [0.05, 0.1) is 26.4 Å². The summed E-state index contributed by atoms with van der Waals surface area (Å²) >= 11 is 0. The second kappa shape index (κ2) is 73.2. The molecule has 0 spiro atoms. The van der Waals surface area contributed by atoms with Crippen molar-refractivity contribution < 1.29 is 80.2 Å². The Morgan fingerprint density at radius 3 is 0.667 bits per heavy atom. The zero-order valence-corrected chi connectivity index (χ0v) is 68.9. The lowest BCUT2D eigenvalue weighted by molar-refractivity contribution is -0.161. The van der Waals surface area contributed by atoms with Crippen molar-refractivity contribution in [1.29, 1.82) is 0 Å². The van der Waals surface area contributed by atoms with E-state index in [-0.39, 0.29) is 25.7 Å². The molecule has 2 unspecified atom stereocenters. The lowest BCUT2D eigenvalue weighted by atomic mass is 10.0. The van der Waals surface area contributed by atoms with Crippen molar-refractivity contribution >= 4 is 39.5 Å². The molecule has 0 aliphatic heterocycles. The Morgan fingerprint density at radius 2 is 0.451 bits per heavy atom. The number of carbonyl (C=O) groups is 4. The number of esters is 4. The van der Waals surface area contributed by atoms with Crippen LogP contribution in [0.3, 0.4) is 0 Å². The van der Waals surface area contributed by atoms with Crippen LogP contribution in [0.5, 0.6) is 0 Å². The SMILES string of the molecule is CCCCCCCCCCCCCCCCCCCCCCCCC(=O)O[C@H](COC(=O)CCCCCCCCCCCCCCCC(C)C)COP(=O)(O)OC[C@@H](O)COP(=O)(O)OC[C@@H](COC(=O)CCCCCCCCC(C)C)OC(=O)CCCCCCCCCCCCCCC(C)C. The van der Waals surface area contributed by atoms with Gasteiger partial charge in [0.2, 0.25) is 0 Å². The van der Waals surface area contributed by atoms with Crippen LogP contribution in [0.25, 0.3) is 0 Å². The standard InChI is InChI=1S/C83H162O17P2/c1-8-9-10-11-12-13-14-15-16-17-18-19-20-21-22-23-26-33-38-43-52-59-66-82(87)99-78(70-93-80(85)64-57-50-42-37-32-27-24-25-30-35-40-47-54-61-74(2)3)72-97-101(89,90)95-68-77(84)69-96-102(91,92)98-73-79(71-94-81(86)65-58-51-46-45-49-56-63-76(6)7)100-83(88)67-60-53-44-39-34-29-28-31-36-41-48-55-62-75(4)5/h74-79,84H,8-73H2,1-7H3,(H,89,90)(H,91,92)/t77-,78-,79-/m1/s1. The molecule has 102 heavy (non-hydrogen) atoms. The summed E-state index contributed by atoms with van der Waals surface area (Å²) in [5.41, 5.74) is 0. The predicted octanol–water partition coefficient (Wildman–Crippen LogP) is 24.9. The number of rotatable bonds is 81. The van der Waals surface area contributed by atoms with E-state index in [9.17, 15) is 43.2 Å². The van der Waals surface area contributed by atoms with E-state index < -0.39 is 97.5 Å². The van der Waals surface area contributed by atoms with Crippen LogP contribution in [0.2, 0.25) is 0 Å². The van der Waals surface area contributed by atoms with Crippen molar-refractivity contribution in [1.82, 2.24) is 0 Å². The topological polar surface area (TPSA) is 237 Å². The van der Waals surface area contributed by atoms with Gasteiger partial charge in [-0.2, -0.15) is 0 Å².